The Balaban J connectivity index is 1.39. The Morgan fingerprint density at radius 1 is 0.240 bits per heavy atom. The van der Waals surface area contributed by atoms with E-state index in [1.54, 1.807) is 0 Å². The second kappa shape index (κ2) is 12.8. The average molecular weight is 636 g/mol. The largest absolute Gasteiger partial charge is 0.248 e. The molecule has 0 atom stereocenters. The lowest BCUT2D eigenvalue weighted by molar-refractivity contribution is 1.33. The third-order valence-electron chi connectivity index (χ3n) is 9.70. The Labute approximate surface area is 292 Å². The standard InChI is InChI=1S/C49H33N/c1-4-17-34(18-5-1)38-23-10-12-25-40(38)48-42-27-14-15-28-43(42)49(41-26-13-11-24-39(41)35-19-6-2-7-20-35)45-33-37(31-32-44(45)48)47-30-16-29-46(50-47)36-21-8-3-9-22-36/h1-33H. The van der Waals surface area contributed by atoms with Crippen LogP contribution in [0.5, 0.6) is 0 Å². The summed E-state index contributed by atoms with van der Waals surface area (Å²) in [6.07, 6.45) is 0. The molecule has 0 saturated heterocycles. The van der Waals surface area contributed by atoms with Crippen LogP contribution in [0.25, 0.3) is 88.6 Å². The predicted octanol–water partition coefficient (Wildman–Crippen LogP) is 13.4. The van der Waals surface area contributed by atoms with E-state index in [-0.39, 0.29) is 0 Å². The quantitative estimate of drug-likeness (QED) is 0.166. The summed E-state index contributed by atoms with van der Waals surface area (Å²) in [6.45, 7) is 0. The summed E-state index contributed by atoms with van der Waals surface area (Å²) < 4.78 is 0. The highest BCUT2D eigenvalue weighted by Crippen LogP contribution is 2.48. The fourth-order valence-corrected chi connectivity index (χ4v) is 7.42. The lowest BCUT2D eigenvalue weighted by Crippen LogP contribution is -1.95. The van der Waals surface area contributed by atoms with Crippen LogP contribution in [0, 0.1) is 0 Å². The third-order valence-corrected chi connectivity index (χ3v) is 9.70. The lowest BCUT2D eigenvalue weighted by atomic mass is 9.82. The van der Waals surface area contributed by atoms with Crippen LogP contribution in [0.2, 0.25) is 0 Å². The lowest BCUT2D eigenvalue weighted by Gasteiger charge is -2.21. The minimum atomic E-state index is 0.954. The van der Waals surface area contributed by atoms with Crippen molar-refractivity contribution in [1.82, 2.24) is 4.98 Å². The molecular weight excluding hydrogens is 603 g/mol. The number of nitrogens with zero attached hydrogens (tertiary/aromatic N) is 1. The molecule has 50 heavy (non-hydrogen) atoms. The van der Waals surface area contributed by atoms with E-state index in [1.165, 1.54) is 66.1 Å². The van der Waals surface area contributed by atoms with Gasteiger partial charge in [0.05, 0.1) is 11.4 Å². The van der Waals surface area contributed by atoms with Crippen LogP contribution in [0.1, 0.15) is 0 Å². The maximum Gasteiger partial charge on any atom is 0.0709 e. The minimum Gasteiger partial charge on any atom is -0.248 e. The average Bonchev–Trinajstić information content (AvgIpc) is 3.21. The van der Waals surface area contributed by atoms with Crippen molar-refractivity contribution in [1.29, 1.82) is 0 Å². The van der Waals surface area contributed by atoms with Gasteiger partial charge in [-0.05, 0) is 84.3 Å². The van der Waals surface area contributed by atoms with E-state index in [9.17, 15) is 0 Å². The topological polar surface area (TPSA) is 12.9 Å². The molecule has 0 spiro atoms. The van der Waals surface area contributed by atoms with Crippen LogP contribution in [-0.4, -0.2) is 4.98 Å². The van der Waals surface area contributed by atoms with E-state index >= 15 is 0 Å². The van der Waals surface area contributed by atoms with Crippen LogP contribution in [0.4, 0.5) is 0 Å². The fourth-order valence-electron chi connectivity index (χ4n) is 7.42. The molecule has 234 valence electrons. The molecule has 0 aliphatic carbocycles. The minimum absolute atomic E-state index is 0.954. The molecule has 1 nitrogen and oxygen atoms in total. The highest BCUT2D eigenvalue weighted by atomic mass is 14.7. The number of rotatable bonds is 6. The van der Waals surface area contributed by atoms with Gasteiger partial charge in [0, 0.05) is 11.1 Å². The molecule has 0 N–H and O–H groups in total. The van der Waals surface area contributed by atoms with Crippen LogP contribution in [0.3, 0.4) is 0 Å². The molecule has 0 fully saturated rings. The smallest absolute Gasteiger partial charge is 0.0709 e. The fraction of sp³-hybridized carbons (Fsp3) is 0. The number of hydrogen-bond acceptors (Lipinski definition) is 1. The van der Waals surface area contributed by atoms with E-state index in [2.05, 4.69) is 194 Å². The molecule has 8 aromatic carbocycles. The van der Waals surface area contributed by atoms with E-state index in [0.717, 1.165) is 22.5 Å². The molecule has 1 aromatic heterocycles. The van der Waals surface area contributed by atoms with Crippen molar-refractivity contribution in [3.05, 3.63) is 200 Å². The molecular formula is C49H33N. The third kappa shape index (κ3) is 5.26. The summed E-state index contributed by atoms with van der Waals surface area (Å²) in [7, 11) is 0. The first-order chi connectivity index (χ1) is 24.8. The van der Waals surface area contributed by atoms with Crippen LogP contribution in [0.15, 0.2) is 200 Å². The van der Waals surface area contributed by atoms with Crippen molar-refractivity contribution >= 4 is 21.5 Å². The van der Waals surface area contributed by atoms with Gasteiger partial charge in [-0.15, -0.1) is 0 Å². The van der Waals surface area contributed by atoms with E-state index in [0.29, 0.717) is 0 Å². The zero-order chi connectivity index (χ0) is 33.3. The van der Waals surface area contributed by atoms with E-state index < -0.39 is 0 Å². The molecule has 0 aliphatic rings. The maximum absolute atomic E-state index is 5.18. The molecule has 9 rings (SSSR count). The Morgan fingerprint density at radius 3 is 1.18 bits per heavy atom. The Hall–Kier alpha value is -6.57. The van der Waals surface area contributed by atoms with Crippen molar-refractivity contribution in [2.45, 2.75) is 0 Å². The van der Waals surface area contributed by atoms with Gasteiger partial charge in [-0.3, -0.25) is 0 Å². The highest BCUT2D eigenvalue weighted by Gasteiger charge is 2.21. The van der Waals surface area contributed by atoms with Crippen molar-refractivity contribution < 1.29 is 0 Å². The number of hydrogen-bond donors (Lipinski definition) is 0. The van der Waals surface area contributed by atoms with Crippen molar-refractivity contribution in [3.8, 4) is 67.0 Å². The highest BCUT2D eigenvalue weighted by molar-refractivity contribution is 6.23. The maximum atomic E-state index is 5.18. The van der Waals surface area contributed by atoms with Gasteiger partial charge in [-0.1, -0.05) is 182 Å². The van der Waals surface area contributed by atoms with Gasteiger partial charge in [0.15, 0.2) is 0 Å². The zero-order valence-electron chi connectivity index (χ0n) is 27.5. The summed E-state index contributed by atoms with van der Waals surface area (Å²) in [6, 6.07) is 71.7. The number of aromatic nitrogens is 1. The van der Waals surface area contributed by atoms with Crippen LogP contribution < -0.4 is 0 Å². The first-order valence-corrected chi connectivity index (χ1v) is 17.1. The van der Waals surface area contributed by atoms with Crippen LogP contribution >= 0.6 is 0 Å². The van der Waals surface area contributed by atoms with Gasteiger partial charge in [-0.25, -0.2) is 4.98 Å². The Morgan fingerprint density at radius 2 is 0.640 bits per heavy atom. The van der Waals surface area contributed by atoms with Crippen molar-refractivity contribution in [2.75, 3.05) is 0 Å². The molecule has 0 amide bonds. The Kier molecular flexibility index (Phi) is 7.57. The molecule has 0 saturated carbocycles. The summed E-state index contributed by atoms with van der Waals surface area (Å²) in [5.74, 6) is 0. The molecule has 1 heterocycles. The van der Waals surface area contributed by atoms with Gasteiger partial charge in [0.2, 0.25) is 0 Å². The predicted molar refractivity (Wildman–Crippen MR) is 212 cm³/mol. The summed E-state index contributed by atoms with van der Waals surface area (Å²) >= 11 is 0. The number of benzene rings is 8. The second-order valence-corrected chi connectivity index (χ2v) is 12.7. The number of pyridine rings is 1. The Bertz CT molecular complexity index is 2620. The summed E-state index contributed by atoms with van der Waals surface area (Å²) in [5, 5.41) is 4.88. The summed E-state index contributed by atoms with van der Waals surface area (Å²) in [5.41, 5.74) is 13.9. The van der Waals surface area contributed by atoms with Gasteiger partial charge in [0.1, 0.15) is 0 Å². The van der Waals surface area contributed by atoms with Crippen molar-refractivity contribution in [3.63, 3.8) is 0 Å². The zero-order valence-corrected chi connectivity index (χ0v) is 27.5. The van der Waals surface area contributed by atoms with Gasteiger partial charge in [0.25, 0.3) is 0 Å². The number of fused-ring (bicyclic) bond motifs is 2. The van der Waals surface area contributed by atoms with E-state index in [1.807, 2.05) is 6.07 Å². The summed E-state index contributed by atoms with van der Waals surface area (Å²) in [4.78, 5) is 5.18. The monoisotopic (exact) mass is 635 g/mol. The molecule has 1 heteroatoms. The SMILES string of the molecule is c1ccc(-c2cccc(-c3ccc4c(-c5ccccc5-c5ccccc5)c5ccccc5c(-c5ccccc5-c5ccccc5)c4c3)n2)cc1. The first-order valence-electron chi connectivity index (χ1n) is 17.1. The first kappa shape index (κ1) is 29.6. The van der Waals surface area contributed by atoms with Gasteiger partial charge < -0.3 is 0 Å². The molecule has 0 aliphatic heterocycles. The van der Waals surface area contributed by atoms with Gasteiger partial charge in [-0.2, -0.15) is 0 Å². The molecule has 0 bridgehead atoms. The molecule has 0 unspecified atom stereocenters. The molecule has 9 aromatic rings. The normalized spacial score (nSPS) is 11.2. The van der Waals surface area contributed by atoms with Gasteiger partial charge >= 0.3 is 0 Å². The van der Waals surface area contributed by atoms with Crippen molar-refractivity contribution in [2.24, 2.45) is 0 Å². The second-order valence-electron chi connectivity index (χ2n) is 12.7. The van der Waals surface area contributed by atoms with E-state index in [4.69, 9.17) is 4.98 Å². The van der Waals surface area contributed by atoms with Crippen LogP contribution in [-0.2, 0) is 0 Å². The molecule has 0 radical (unpaired) electrons.